The number of carbonyl (C=O) groups excluding carboxylic acids is 1. The summed E-state index contributed by atoms with van der Waals surface area (Å²) in [5, 5.41) is 2.96. The van der Waals surface area contributed by atoms with E-state index in [0.717, 1.165) is 13.0 Å². The number of piperidine rings is 1. The van der Waals surface area contributed by atoms with Crippen LogP contribution in [0.3, 0.4) is 0 Å². The van der Waals surface area contributed by atoms with Crippen LogP contribution in [0.15, 0.2) is 15.3 Å². The first kappa shape index (κ1) is 17.7. The van der Waals surface area contributed by atoms with Crippen LogP contribution in [0.2, 0.25) is 0 Å². The van der Waals surface area contributed by atoms with Crippen LogP contribution in [0.25, 0.3) is 0 Å². The number of hydrogen-bond donors (Lipinski definition) is 2. The molecule has 2 rings (SSSR count). The van der Waals surface area contributed by atoms with E-state index in [4.69, 9.17) is 4.42 Å². The van der Waals surface area contributed by atoms with Crippen LogP contribution < -0.4 is 15.8 Å². The number of likely N-dealkylation sites (tertiary alicyclic amines) is 1. The van der Waals surface area contributed by atoms with Gasteiger partial charge in [0.25, 0.3) is 5.91 Å². The van der Waals surface area contributed by atoms with Crippen molar-refractivity contribution in [2.75, 3.05) is 13.1 Å². The highest BCUT2D eigenvalue weighted by molar-refractivity contribution is 5.96. The molecule has 0 aromatic carbocycles. The van der Waals surface area contributed by atoms with Crippen molar-refractivity contribution in [3.63, 3.8) is 0 Å². The molecule has 1 aliphatic rings. The molecule has 1 unspecified atom stereocenters. The summed E-state index contributed by atoms with van der Waals surface area (Å²) in [6.45, 7) is 9.80. The first-order chi connectivity index (χ1) is 10.9. The maximum atomic E-state index is 12.3. The number of quaternary nitrogens is 1. The Bertz CT molecular complexity index is 573. The normalized spacial score (nSPS) is 24.4. The largest absolute Gasteiger partial charge is 0.427 e. The van der Waals surface area contributed by atoms with Crippen LogP contribution in [0.5, 0.6) is 0 Å². The van der Waals surface area contributed by atoms with Crippen LogP contribution in [-0.2, 0) is 0 Å². The summed E-state index contributed by atoms with van der Waals surface area (Å²) in [5.74, 6) is 0.231. The van der Waals surface area contributed by atoms with Crippen LogP contribution in [0.1, 0.15) is 61.2 Å². The average molecular weight is 321 g/mol. The van der Waals surface area contributed by atoms with Crippen molar-refractivity contribution in [2.45, 2.75) is 65.5 Å². The molecule has 3 atom stereocenters. The van der Waals surface area contributed by atoms with Crippen LogP contribution in [0.4, 0.5) is 0 Å². The Morgan fingerprint density at radius 3 is 2.57 bits per heavy atom. The van der Waals surface area contributed by atoms with E-state index in [1.54, 1.807) is 18.7 Å². The van der Waals surface area contributed by atoms with Crippen molar-refractivity contribution in [3.05, 3.63) is 33.4 Å². The Balaban J connectivity index is 1.85. The zero-order valence-electron chi connectivity index (χ0n) is 14.7. The van der Waals surface area contributed by atoms with E-state index in [-0.39, 0.29) is 5.91 Å². The standard InChI is InChI=1S/C18H28N2O3/c1-12-11-16(21)23-15(4)17(12)18(22)19-9-6-10-20-13(2)7-5-8-14(20)3/h11,13-14H,5-10H2,1-4H3,(H,19,22)/p+1/t13-,14+. The predicted molar refractivity (Wildman–Crippen MR) is 90.0 cm³/mol. The van der Waals surface area contributed by atoms with E-state index >= 15 is 0 Å². The molecule has 0 aliphatic carbocycles. The maximum absolute atomic E-state index is 12.3. The number of rotatable bonds is 5. The third kappa shape index (κ3) is 4.44. The van der Waals surface area contributed by atoms with Crippen molar-refractivity contribution < 1.29 is 14.1 Å². The zero-order valence-corrected chi connectivity index (χ0v) is 14.7. The Morgan fingerprint density at radius 1 is 1.30 bits per heavy atom. The molecule has 1 aromatic heterocycles. The van der Waals surface area contributed by atoms with Gasteiger partial charge in [-0.3, -0.25) is 4.79 Å². The number of hydrogen-bond acceptors (Lipinski definition) is 3. The van der Waals surface area contributed by atoms with Gasteiger partial charge in [-0.05, 0) is 52.5 Å². The van der Waals surface area contributed by atoms with Gasteiger partial charge in [0, 0.05) is 19.0 Å². The van der Waals surface area contributed by atoms with Crippen LogP contribution >= 0.6 is 0 Å². The van der Waals surface area contributed by atoms with Gasteiger partial charge in [-0.1, -0.05) is 0 Å². The van der Waals surface area contributed by atoms with Crippen molar-refractivity contribution >= 4 is 5.91 Å². The van der Waals surface area contributed by atoms with E-state index < -0.39 is 5.63 Å². The van der Waals surface area contributed by atoms with Gasteiger partial charge in [0.15, 0.2) is 0 Å². The molecule has 1 saturated heterocycles. The fourth-order valence-corrected chi connectivity index (χ4v) is 3.76. The molecule has 0 bridgehead atoms. The lowest BCUT2D eigenvalue weighted by Gasteiger charge is -2.35. The molecule has 5 nitrogen and oxygen atoms in total. The summed E-state index contributed by atoms with van der Waals surface area (Å²) >= 11 is 0. The van der Waals surface area contributed by atoms with Gasteiger partial charge < -0.3 is 14.6 Å². The molecule has 1 fully saturated rings. The predicted octanol–water partition coefficient (Wildman–Crippen LogP) is 1.22. The number of aryl methyl sites for hydroxylation is 2. The highest BCUT2D eigenvalue weighted by Crippen LogP contribution is 2.10. The van der Waals surface area contributed by atoms with Crippen molar-refractivity contribution in [1.82, 2.24) is 5.32 Å². The quantitative estimate of drug-likeness (QED) is 0.802. The van der Waals surface area contributed by atoms with E-state index in [2.05, 4.69) is 19.2 Å². The number of carbonyl (C=O) groups is 1. The second-order valence-electron chi connectivity index (χ2n) is 6.85. The fraction of sp³-hybridized carbons (Fsp3) is 0.667. The topological polar surface area (TPSA) is 63.8 Å². The first-order valence-electron chi connectivity index (χ1n) is 8.65. The van der Waals surface area contributed by atoms with Crippen molar-refractivity contribution in [3.8, 4) is 0 Å². The third-order valence-corrected chi connectivity index (χ3v) is 5.03. The molecule has 5 heteroatoms. The molecule has 0 saturated carbocycles. The number of amides is 1. The summed E-state index contributed by atoms with van der Waals surface area (Å²) in [4.78, 5) is 25.2. The van der Waals surface area contributed by atoms with Gasteiger partial charge in [-0.15, -0.1) is 0 Å². The lowest BCUT2D eigenvalue weighted by Crippen LogP contribution is -3.19. The molecule has 1 amide bonds. The Labute approximate surface area is 138 Å². The second-order valence-corrected chi connectivity index (χ2v) is 6.85. The lowest BCUT2D eigenvalue weighted by molar-refractivity contribution is -0.951. The molecule has 128 valence electrons. The minimum absolute atomic E-state index is 0.154. The average Bonchev–Trinajstić information content (AvgIpc) is 2.44. The Morgan fingerprint density at radius 2 is 1.96 bits per heavy atom. The monoisotopic (exact) mass is 321 g/mol. The van der Waals surface area contributed by atoms with Gasteiger partial charge in [-0.25, -0.2) is 4.79 Å². The van der Waals surface area contributed by atoms with Gasteiger partial charge in [0.2, 0.25) is 0 Å². The molecule has 2 heterocycles. The fourth-order valence-electron chi connectivity index (χ4n) is 3.76. The summed E-state index contributed by atoms with van der Waals surface area (Å²) in [6.07, 6.45) is 4.89. The highest BCUT2D eigenvalue weighted by atomic mass is 16.4. The molecule has 0 radical (unpaired) electrons. The zero-order chi connectivity index (χ0) is 17.0. The molecule has 23 heavy (non-hydrogen) atoms. The lowest BCUT2D eigenvalue weighted by atomic mass is 9.97. The van der Waals surface area contributed by atoms with Crippen molar-refractivity contribution in [1.29, 1.82) is 0 Å². The summed E-state index contributed by atoms with van der Waals surface area (Å²) in [7, 11) is 0. The molecule has 0 spiro atoms. The smallest absolute Gasteiger partial charge is 0.336 e. The minimum atomic E-state index is -0.409. The van der Waals surface area contributed by atoms with Crippen LogP contribution in [0, 0.1) is 13.8 Å². The molecule has 2 N–H and O–H groups in total. The van der Waals surface area contributed by atoms with E-state index in [9.17, 15) is 9.59 Å². The van der Waals surface area contributed by atoms with E-state index in [0.29, 0.717) is 35.5 Å². The van der Waals surface area contributed by atoms with E-state index in [1.807, 2.05) is 0 Å². The SMILES string of the molecule is Cc1cc(=O)oc(C)c1C(=O)NCCC[NH+]1[C@H](C)CCC[C@@H]1C. The number of nitrogens with one attached hydrogen (secondary N) is 2. The Kier molecular flexibility index (Phi) is 5.99. The molecule has 1 aliphatic heterocycles. The van der Waals surface area contributed by atoms with Crippen LogP contribution in [-0.4, -0.2) is 31.1 Å². The van der Waals surface area contributed by atoms with E-state index in [1.165, 1.54) is 25.3 Å². The van der Waals surface area contributed by atoms with Crippen molar-refractivity contribution in [2.24, 2.45) is 0 Å². The van der Waals surface area contributed by atoms with Gasteiger partial charge in [0.1, 0.15) is 5.76 Å². The van der Waals surface area contributed by atoms with Gasteiger partial charge >= 0.3 is 5.63 Å². The molecular weight excluding hydrogens is 292 g/mol. The third-order valence-electron chi connectivity index (χ3n) is 5.03. The maximum Gasteiger partial charge on any atom is 0.336 e. The molecular formula is C18H29N2O3+. The van der Waals surface area contributed by atoms with Gasteiger partial charge in [-0.2, -0.15) is 0 Å². The Hall–Kier alpha value is -1.62. The first-order valence-corrected chi connectivity index (χ1v) is 8.65. The second kappa shape index (κ2) is 7.77. The molecule has 1 aromatic rings. The summed E-state index contributed by atoms with van der Waals surface area (Å²) < 4.78 is 5.02. The highest BCUT2D eigenvalue weighted by Gasteiger charge is 2.27. The summed E-state index contributed by atoms with van der Waals surface area (Å²) in [5.41, 5.74) is 0.741. The minimum Gasteiger partial charge on any atom is -0.427 e. The summed E-state index contributed by atoms with van der Waals surface area (Å²) in [6, 6.07) is 2.79. The van der Waals surface area contributed by atoms with Gasteiger partial charge in [0.05, 0.1) is 24.2 Å².